The maximum Gasteiger partial charge on any atom is 0.256 e. The summed E-state index contributed by atoms with van der Waals surface area (Å²) in [5.41, 5.74) is 0. The van der Waals surface area contributed by atoms with Gasteiger partial charge in [-0.15, -0.1) is 3.82 Å². The van der Waals surface area contributed by atoms with Crippen molar-refractivity contribution in [3.63, 3.8) is 0 Å². The van der Waals surface area contributed by atoms with Crippen molar-refractivity contribution in [2.45, 2.75) is 43.5 Å². The van der Waals surface area contributed by atoms with Crippen LogP contribution in [0.3, 0.4) is 0 Å². The van der Waals surface area contributed by atoms with Crippen molar-refractivity contribution < 1.29 is 8.42 Å². The molecule has 1 saturated carbocycles. The van der Waals surface area contributed by atoms with Crippen molar-refractivity contribution in [1.82, 2.24) is 3.82 Å². The van der Waals surface area contributed by atoms with E-state index < -0.39 is 10.0 Å². The Bertz CT molecular complexity index is 489. The number of hydrogen-bond acceptors (Lipinski definition) is 2. The SMILES string of the molecule is CC1CCCCC1N(Cl)S(=O)(=O)c1ccccc1. The molecule has 0 spiro atoms. The van der Waals surface area contributed by atoms with E-state index in [1.54, 1.807) is 30.3 Å². The van der Waals surface area contributed by atoms with Crippen LogP contribution in [0.1, 0.15) is 32.6 Å². The molecule has 0 N–H and O–H groups in total. The van der Waals surface area contributed by atoms with Gasteiger partial charge >= 0.3 is 0 Å². The molecule has 0 heterocycles. The van der Waals surface area contributed by atoms with Crippen molar-refractivity contribution >= 4 is 21.8 Å². The van der Waals surface area contributed by atoms with Gasteiger partial charge in [-0.25, -0.2) is 8.42 Å². The summed E-state index contributed by atoms with van der Waals surface area (Å²) in [6.45, 7) is 2.07. The predicted octanol–water partition coefficient (Wildman–Crippen LogP) is 3.41. The minimum atomic E-state index is -3.57. The molecule has 0 aromatic heterocycles. The second kappa shape index (κ2) is 5.59. The highest BCUT2D eigenvalue weighted by molar-refractivity contribution is 7.90. The van der Waals surface area contributed by atoms with Gasteiger partial charge in [0, 0.05) is 6.04 Å². The summed E-state index contributed by atoms with van der Waals surface area (Å²) in [5.74, 6) is 0.315. The van der Waals surface area contributed by atoms with Crippen molar-refractivity contribution in [1.29, 1.82) is 0 Å². The lowest BCUT2D eigenvalue weighted by molar-refractivity contribution is 0.253. The van der Waals surface area contributed by atoms with Crippen molar-refractivity contribution in [2.24, 2.45) is 5.92 Å². The van der Waals surface area contributed by atoms with Gasteiger partial charge in [-0.05, 0) is 42.7 Å². The van der Waals surface area contributed by atoms with E-state index in [0.29, 0.717) is 5.92 Å². The third kappa shape index (κ3) is 2.71. The lowest BCUT2D eigenvalue weighted by atomic mass is 9.87. The first-order valence-electron chi connectivity index (χ1n) is 6.29. The van der Waals surface area contributed by atoms with Gasteiger partial charge in [0.25, 0.3) is 10.0 Å². The highest BCUT2D eigenvalue weighted by Gasteiger charge is 2.34. The lowest BCUT2D eigenvalue weighted by Crippen LogP contribution is -2.39. The van der Waals surface area contributed by atoms with E-state index >= 15 is 0 Å². The van der Waals surface area contributed by atoms with Gasteiger partial charge in [0.1, 0.15) is 0 Å². The monoisotopic (exact) mass is 287 g/mol. The van der Waals surface area contributed by atoms with Crippen LogP contribution in [0.5, 0.6) is 0 Å². The summed E-state index contributed by atoms with van der Waals surface area (Å²) in [6.07, 6.45) is 4.09. The van der Waals surface area contributed by atoms with E-state index in [4.69, 9.17) is 11.8 Å². The summed E-state index contributed by atoms with van der Waals surface area (Å²) in [7, 11) is -3.57. The summed E-state index contributed by atoms with van der Waals surface area (Å²) in [4.78, 5) is 0.262. The number of rotatable bonds is 3. The molecule has 3 nitrogen and oxygen atoms in total. The van der Waals surface area contributed by atoms with Crippen molar-refractivity contribution in [3.8, 4) is 0 Å². The molecule has 1 aromatic rings. The first-order chi connectivity index (χ1) is 8.53. The average molecular weight is 288 g/mol. The first-order valence-corrected chi connectivity index (χ1v) is 8.06. The molecule has 0 saturated heterocycles. The summed E-state index contributed by atoms with van der Waals surface area (Å²) in [5, 5.41) is 0. The van der Waals surface area contributed by atoms with Crippen LogP contribution in [0.15, 0.2) is 35.2 Å². The smallest absolute Gasteiger partial charge is 0.206 e. The highest BCUT2D eigenvalue weighted by atomic mass is 35.5. The van der Waals surface area contributed by atoms with Crippen LogP contribution >= 0.6 is 11.8 Å². The van der Waals surface area contributed by atoms with Crippen LogP contribution in [0.4, 0.5) is 0 Å². The van der Waals surface area contributed by atoms with Crippen LogP contribution in [0.25, 0.3) is 0 Å². The number of sulfonamides is 1. The molecule has 0 aliphatic heterocycles. The largest absolute Gasteiger partial charge is 0.256 e. The van der Waals surface area contributed by atoms with Gasteiger partial charge in [-0.3, -0.25) is 0 Å². The fourth-order valence-corrected chi connectivity index (χ4v) is 4.37. The van der Waals surface area contributed by atoms with Crippen LogP contribution < -0.4 is 0 Å². The van der Waals surface area contributed by atoms with Gasteiger partial charge < -0.3 is 0 Å². The van der Waals surface area contributed by atoms with Crippen molar-refractivity contribution in [2.75, 3.05) is 0 Å². The van der Waals surface area contributed by atoms with E-state index in [-0.39, 0.29) is 10.9 Å². The molecule has 0 bridgehead atoms. The Morgan fingerprint density at radius 3 is 2.39 bits per heavy atom. The standard InChI is InChI=1S/C13H18ClNO2S/c1-11-7-5-6-10-13(11)15(14)18(16,17)12-8-3-2-4-9-12/h2-4,8-9,11,13H,5-7,10H2,1H3. The number of benzene rings is 1. The van der Waals surface area contributed by atoms with E-state index in [9.17, 15) is 8.42 Å². The number of halogens is 1. The molecule has 2 rings (SSSR count). The summed E-state index contributed by atoms with van der Waals surface area (Å²) >= 11 is 6.13. The number of nitrogens with zero attached hydrogens (tertiary/aromatic N) is 1. The maximum absolute atomic E-state index is 12.4. The third-order valence-electron chi connectivity index (χ3n) is 3.60. The van der Waals surface area contributed by atoms with Gasteiger partial charge in [0.15, 0.2) is 0 Å². The van der Waals surface area contributed by atoms with Gasteiger partial charge in [0.2, 0.25) is 0 Å². The van der Waals surface area contributed by atoms with Crippen molar-refractivity contribution in [3.05, 3.63) is 30.3 Å². The van der Waals surface area contributed by atoms with Crippen LogP contribution in [0, 0.1) is 5.92 Å². The second-order valence-electron chi connectivity index (χ2n) is 4.89. The molecular weight excluding hydrogens is 270 g/mol. The topological polar surface area (TPSA) is 37.4 Å². The molecule has 1 fully saturated rings. The quantitative estimate of drug-likeness (QED) is 0.799. The minimum absolute atomic E-state index is 0.0920. The Morgan fingerprint density at radius 1 is 1.17 bits per heavy atom. The van der Waals surface area contributed by atoms with E-state index in [1.165, 1.54) is 0 Å². The Kier molecular flexibility index (Phi) is 4.30. The molecule has 1 aliphatic rings. The van der Waals surface area contributed by atoms with E-state index in [2.05, 4.69) is 6.92 Å². The molecule has 1 aliphatic carbocycles. The normalized spacial score (nSPS) is 25.3. The molecule has 2 unspecified atom stereocenters. The third-order valence-corrected chi connectivity index (χ3v) is 5.99. The Balaban J connectivity index is 2.25. The molecular formula is C13H18ClNO2S. The average Bonchev–Trinajstić information content (AvgIpc) is 2.39. The predicted molar refractivity (Wildman–Crippen MR) is 72.7 cm³/mol. The zero-order valence-corrected chi connectivity index (χ0v) is 12.0. The fraction of sp³-hybridized carbons (Fsp3) is 0.538. The van der Waals surface area contributed by atoms with Crippen LogP contribution in [-0.4, -0.2) is 18.3 Å². The van der Waals surface area contributed by atoms with E-state index in [1.807, 2.05) is 0 Å². The molecule has 5 heteroatoms. The first kappa shape index (κ1) is 13.8. The highest BCUT2D eigenvalue weighted by Crippen LogP contribution is 2.32. The molecule has 18 heavy (non-hydrogen) atoms. The zero-order chi connectivity index (χ0) is 13.2. The minimum Gasteiger partial charge on any atom is -0.206 e. The number of hydrogen-bond donors (Lipinski definition) is 0. The van der Waals surface area contributed by atoms with E-state index in [0.717, 1.165) is 29.5 Å². The molecule has 2 atom stereocenters. The second-order valence-corrected chi connectivity index (χ2v) is 7.27. The molecule has 100 valence electrons. The summed E-state index contributed by atoms with van der Waals surface area (Å²) in [6, 6.07) is 8.28. The van der Waals surface area contributed by atoms with Crippen LogP contribution in [-0.2, 0) is 10.0 Å². The zero-order valence-electron chi connectivity index (χ0n) is 10.4. The fourth-order valence-electron chi connectivity index (χ4n) is 2.47. The summed E-state index contributed by atoms with van der Waals surface area (Å²) < 4.78 is 25.8. The lowest BCUT2D eigenvalue weighted by Gasteiger charge is -2.33. The Hall–Kier alpha value is -0.580. The van der Waals surface area contributed by atoms with Gasteiger partial charge in [0.05, 0.1) is 4.90 Å². The molecule has 0 radical (unpaired) electrons. The molecule has 1 aromatic carbocycles. The Labute approximate surface area is 114 Å². The van der Waals surface area contributed by atoms with Crippen LogP contribution in [0.2, 0.25) is 0 Å². The Morgan fingerprint density at radius 2 is 1.78 bits per heavy atom. The van der Waals surface area contributed by atoms with Gasteiger partial charge in [-0.2, -0.15) is 0 Å². The maximum atomic E-state index is 12.4. The molecule has 0 amide bonds. The van der Waals surface area contributed by atoms with Gasteiger partial charge in [-0.1, -0.05) is 38.0 Å².